The topological polar surface area (TPSA) is 107 Å². The number of fused-ring (bicyclic) bond motifs is 1. The van der Waals surface area contributed by atoms with E-state index in [-0.39, 0.29) is 11.7 Å². The average Bonchev–Trinajstić information content (AvgIpc) is 2.99. The maximum atomic E-state index is 10.7. The van der Waals surface area contributed by atoms with Gasteiger partial charge in [-0.05, 0) is 19.9 Å². The highest BCUT2D eigenvalue weighted by atomic mass is 16.6. The number of benzene rings is 1. The van der Waals surface area contributed by atoms with Crippen molar-refractivity contribution in [3.63, 3.8) is 0 Å². The van der Waals surface area contributed by atoms with Gasteiger partial charge >= 0.3 is 0 Å². The molecule has 0 saturated heterocycles. The van der Waals surface area contributed by atoms with E-state index in [9.17, 15) is 10.1 Å². The fourth-order valence-corrected chi connectivity index (χ4v) is 1.87. The highest BCUT2D eigenvalue weighted by molar-refractivity contribution is 5.77. The second-order valence-electron chi connectivity index (χ2n) is 4.53. The molecule has 0 unspecified atom stereocenters. The minimum atomic E-state index is -0.479. The molecule has 8 nitrogen and oxygen atoms in total. The fraction of sp³-hybridized carbons (Fsp3) is 0.231. The van der Waals surface area contributed by atoms with E-state index in [0.29, 0.717) is 23.5 Å². The molecular weight excluding hydrogens is 276 g/mol. The van der Waals surface area contributed by atoms with E-state index < -0.39 is 4.92 Å². The van der Waals surface area contributed by atoms with Gasteiger partial charge in [0.2, 0.25) is 5.89 Å². The van der Waals surface area contributed by atoms with Gasteiger partial charge < -0.3 is 14.2 Å². The molecule has 108 valence electrons. The summed E-state index contributed by atoms with van der Waals surface area (Å²) in [6.07, 6.45) is 0. The van der Waals surface area contributed by atoms with Crippen molar-refractivity contribution < 1.29 is 13.8 Å². The number of aryl methyl sites for hydroxylation is 2. The zero-order chi connectivity index (χ0) is 15.0. The molecule has 1 N–H and O–H groups in total. The smallest absolute Gasteiger partial charge is 0.296 e. The van der Waals surface area contributed by atoms with Gasteiger partial charge in [-0.1, -0.05) is 0 Å². The van der Waals surface area contributed by atoms with Gasteiger partial charge in [0.1, 0.15) is 11.3 Å². The molecule has 21 heavy (non-hydrogen) atoms. The van der Waals surface area contributed by atoms with Gasteiger partial charge in [-0.25, -0.2) is 4.98 Å². The molecule has 2 aromatic heterocycles. The predicted octanol–water partition coefficient (Wildman–Crippen LogP) is 2.95. The summed E-state index contributed by atoms with van der Waals surface area (Å²) in [4.78, 5) is 18.6. The van der Waals surface area contributed by atoms with Crippen molar-refractivity contribution in [3.8, 4) is 0 Å². The first kappa shape index (κ1) is 13.1. The van der Waals surface area contributed by atoms with Gasteiger partial charge in [0.05, 0.1) is 23.2 Å². The lowest BCUT2D eigenvalue weighted by Gasteiger charge is -1.95. The van der Waals surface area contributed by atoms with E-state index in [2.05, 4.69) is 15.3 Å². The second kappa shape index (κ2) is 4.89. The number of hydrogen-bond donors (Lipinski definition) is 1. The lowest BCUT2D eigenvalue weighted by molar-refractivity contribution is -0.384. The number of nitro groups is 1. The number of hydrogen-bond acceptors (Lipinski definition) is 7. The molecule has 0 amide bonds. The van der Waals surface area contributed by atoms with E-state index in [1.807, 2.05) is 13.8 Å². The van der Waals surface area contributed by atoms with Crippen molar-refractivity contribution in [2.45, 2.75) is 20.4 Å². The number of anilines is 1. The maximum absolute atomic E-state index is 10.7. The molecule has 0 aliphatic carbocycles. The third-order valence-electron chi connectivity index (χ3n) is 3.05. The molecule has 2 heterocycles. The summed E-state index contributed by atoms with van der Waals surface area (Å²) in [5.41, 5.74) is 1.69. The van der Waals surface area contributed by atoms with Crippen LogP contribution in [0.4, 0.5) is 11.7 Å². The third-order valence-corrected chi connectivity index (χ3v) is 3.05. The van der Waals surface area contributed by atoms with Gasteiger partial charge in [-0.2, -0.15) is 4.98 Å². The molecule has 3 rings (SSSR count). The van der Waals surface area contributed by atoms with Gasteiger partial charge in [-0.15, -0.1) is 0 Å². The average molecular weight is 288 g/mol. The molecule has 8 heteroatoms. The van der Waals surface area contributed by atoms with Crippen LogP contribution in [0.2, 0.25) is 0 Å². The van der Waals surface area contributed by atoms with Crippen molar-refractivity contribution >= 4 is 22.8 Å². The van der Waals surface area contributed by atoms with Crippen molar-refractivity contribution in [2.24, 2.45) is 0 Å². The number of nitro benzene ring substituents is 1. The lowest BCUT2D eigenvalue weighted by Crippen LogP contribution is -1.99. The maximum Gasteiger partial charge on any atom is 0.296 e. The van der Waals surface area contributed by atoms with Crippen LogP contribution in [-0.4, -0.2) is 14.9 Å². The number of nitrogens with zero attached hydrogens (tertiary/aromatic N) is 3. The normalized spacial score (nSPS) is 11.0. The van der Waals surface area contributed by atoms with Crippen LogP contribution in [-0.2, 0) is 6.54 Å². The number of oxazole rings is 2. The van der Waals surface area contributed by atoms with Crippen LogP contribution in [0.15, 0.2) is 27.0 Å². The van der Waals surface area contributed by atoms with Crippen LogP contribution in [0.5, 0.6) is 0 Å². The number of aromatic nitrogens is 2. The highest BCUT2D eigenvalue weighted by Crippen LogP contribution is 2.24. The molecule has 3 aromatic rings. The Morgan fingerprint density at radius 3 is 2.76 bits per heavy atom. The van der Waals surface area contributed by atoms with Gasteiger partial charge in [0.15, 0.2) is 5.58 Å². The molecule has 0 saturated carbocycles. The Morgan fingerprint density at radius 1 is 1.29 bits per heavy atom. The lowest BCUT2D eigenvalue weighted by atomic mass is 10.3. The zero-order valence-electron chi connectivity index (χ0n) is 11.4. The standard InChI is InChI=1S/C13H12N4O4/c1-7-8(2)20-12(15-7)6-14-13-16-10-4-3-9(17(18)19)5-11(10)21-13/h3-5H,6H2,1-2H3,(H,14,16). The largest absolute Gasteiger partial charge is 0.444 e. The van der Waals surface area contributed by atoms with Crippen LogP contribution < -0.4 is 5.32 Å². The number of rotatable bonds is 4. The van der Waals surface area contributed by atoms with E-state index in [1.165, 1.54) is 12.1 Å². The van der Waals surface area contributed by atoms with Crippen molar-refractivity contribution in [2.75, 3.05) is 5.32 Å². The molecular formula is C13H12N4O4. The SMILES string of the molecule is Cc1nc(CNc2nc3ccc([N+](=O)[O-])cc3o2)oc1C. The number of non-ortho nitro benzene ring substituents is 1. The molecule has 0 radical (unpaired) electrons. The zero-order valence-corrected chi connectivity index (χ0v) is 11.4. The Balaban J connectivity index is 1.79. The summed E-state index contributed by atoms with van der Waals surface area (Å²) in [6.45, 7) is 4.02. The highest BCUT2D eigenvalue weighted by Gasteiger charge is 2.12. The molecule has 0 aliphatic heterocycles. The first-order valence-electron chi connectivity index (χ1n) is 6.24. The fourth-order valence-electron chi connectivity index (χ4n) is 1.87. The van der Waals surface area contributed by atoms with Gasteiger partial charge in [0, 0.05) is 6.07 Å². The molecule has 0 fully saturated rings. The number of nitrogens with one attached hydrogen (secondary N) is 1. The molecule has 0 bridgehead atoms. The van der Waals surface area contributed by atoms with E-state index in [4.69, 9.17) is 8.83 Å². The molecule has 0 aliphatic rings. The Bertz CT molecular complexity index is 801. The first-order chi connectivity index (χ1) is 10.0. The van der Waals surface area contributed by atoms with Crippen LogP contribution in [0.1, 0.15) is 17.3 Å². The second-order valence-corrected chi connectivity index (χ2v) is 4.53. The van der Waals surface area contributed by atoms with Crippen molar-refractivity contribution in [1.29, 1.82) is 0 Å². The molecule has 0 spiro atoms. The van der Waals surface area contributed by atoms with Gasteiger partial charge in [-0.3, -0.25) is 10.1 Å². The summed E-state index contributed by atoms with van der Waals surface area (Å²) in [6, 6.07) is 4.53. The van der Waals surface area contributed by atoms with E-state index in [0.717, 1.165) is 11.5 Å². The summed E-state index contributed by atoms with van der Waals surface area (Å²) in [5, 5.41) is 13.6. The van der Waals surface area contributed by atoms with E-state index >= 15 is 0 Å². The van der Waals surface area contributed by atoms with Crippen molar-refractivity contribution in [3.05, 3.63) is 45.7 Å². The Morgan fingerprint density at radius 2 is 2.10 bits per heavy atom. The van der Waals surface area contributed by atoms with Crippen LogP contribution in [0.3, 0.4) is 0 Å². The van der Waals surface area contributed by atoms with Crippen molar-refractivity contribution in [1.82, 2.24) is 9.97 Å². The monoisotopic (exact) mass is 288 g/mol. The van der Waals surface area contributed by atoms with Crippen LogP contribution in [0.25, 0.3) is 11.1 Å². The minimum Gasteiger partial charge on any atom is -0.444 e. The summed E-state index contributed by atoms with van der Waals surface area (Å²) in [7, 11) is 0. The molecule has 1 aromatic carbocycles. The quantitative estimate of drug-likeness (QED) is 0.580. The summed E-state index contributed by atoms with van der Waals surface area (Å²) in [5.74, 6) is 1.29. The van der Waals surface area contributed by atoms with Gasteiger partial charge in [0.25, 0.3) is 11.7 Å². The minimum absolute atomic E-state index is 0.0378. The Kier molecular flexibility index (Phi) is 3.05. The first-order valence-corrected chi connectivity index (χ1v) is 6.24. The molecule has 0 atom stereocenters. The Hall–Kier alpha value is -2.90. The predicted molar refractivity (Wildman–Crippen MR) is 74.0 cm³/mol. The summed E-state index contributed by atoms with van der Waals surface area (Å²) < 4.78 is 10.8. The Labute approximate surface area is 118 Å². The van der Waals surface area contributed by atoms with E-state index in [1.54, 1.807) is 6.07 Å². The van der Waals surface area contributed by atoms with Crippen LogP contribution >= 0.6 is 0 Å². The third kappa shape index (κ3) is 2.55. The van der Waals surface area contributed by atoms with Crippen LogP contribution in [0, 0.1) is 24.0 Å². The summed E-state index contributed by atoms with van der Waals surface area (Å²) >= 11 is 0.